The summed E-state index contributed by atoms with van der Waals surface area (Å²) < 4.78 is 6.54. The summed E-state index contributed by atoms with van der Waals surface area (Å²) in [5.41, 5.74) is 1.89. The Morgan fingerprint density at radius 2 is 2.00 bits per heavy atom. The van der Waals surface area contributed by atoms with Gasteiger partial charge in [-0.2, -0.15) is 0 Å². The summed E-state index contributed by atoms with van der Waals surface area (Å²) in [6, 6.07) is 9.62. The zero-order valence-electron chi connectivity index (χ0n) is 12.1. The lowest BCUT2D eigenvalue weighted by Crippen LogP contribution is -2.02. The van der Waals surface area contributed by atoms with E-state index in [0.717, 1.165) is 40.8 Å². The van der Waals surface area contributed by atoms with Crippen molar-refractivity contribution in [3.8, 4) is 5.75 Å². The molecule has 1 heterocycles. The third-order valence-electron chi connectivity index (χ3n) is 3.22. The van der Waals surface area contributed by atoms with E-state index >= 15 is 0 Å². The number of ether oxygens (including phenoxy) is 1. The molecule has 4 heteroatoms. The van der Waals surface area contributed by atoms with Crippen LogP contribution in [-0.4, -0.2) is 16.7 Å². The Morgan fingerprint density at radius 3 is 2.67 bits per heavy atom. The quantitative estimate of drug-likeness (QED) is 0.757. The number of benzene rings is 1. The van der Waals surface area contributed by atoms with Crippen molar-refractivity contribution in [3.05, 3.63) is 58.3 Å². The summed E-state index contributed by atoms with van der Waals surface area (Å²) >= 11 is 3.39. The van der Waals surface area contributed by atoms with Crippen molar-refractivity contribution in [2.45, 2.75) is 32.3 Å². The van der Waals surface area contributed by atoms with Crippen LogP contribution in [0.3, 0.4) is 0 Å². The van der Waals surface area contributed by atoms with Crippen LogP contribution in [0.4, 0.5) is 0 Å². The highest BCUT2D eigenvalue weighted by atomic mass is 79.9. The first-order chi connectivity index (χ1) is 10.2. The molecule has 1 aromatic heterocycles. The van der Waals surface area contributed by atoms with Crippen molar-refractivity contribution in [2.75, 3.05) is 6.61 Å². The molecule has 112 valence electrons. The summed E-state index contributed by atoms with van der Waals surface area (Å²) in [4.78, 5) is 4.11. The summed E-state index contributed by atoms with van der Waals surface area (Å²) in [6.45, 7) is 2.88. The van der Waals surface area contributed by atoms with Gasteiger partial charge >= 0.3 is 0 Å². The standard InChI is InChI=1S/C17H20BrNO2/c1-2-3-8-21-16-6-4-14(5-7-16)17(20)10-13-9-15(18)12-19-11-13/h4-7,9,11-12,17,20H,2-3,8,10H2,1H3. The van der Waals surface area contributed by atoms with Gasteiger partial charge in [0, 0.05) is 23.3 Å². The fourth-order valence-corrected chi connectivity index (χ4v) is 2.44. The van der Waals surface area contributed by atoms with Gasteiger partial charge in [0.25, 0.3) is 0 Å². The van der Waals surface area contributed by atoms with Crippen LogP contribution >= 0.6 is 15.9 Å². The molecule has 0 spiro atoms. The van der Waals surface area contributed by atoms with Crippen molar-refractivity contribution in [3.63, 3.8) is 0 Å². The highest BCUT2D eigenvalue weighted by molar-refractivity contribution is 9.10. The molecule has 1 unspecified atom stereocenters. The van der Waals surface area contributed by atoms with Crippen molar-refractivity contribution >= 4 is 15.9 Å². The highest BCUT2D eigenvalue weighted by Crippen LogP contribution is 2.22. The molecule has 0 radical (unpaired) electrons. The molecule has 2 rings (SSSR count). The predicted molar refractivity (Wildman–Crippen MR) is 87.4 cm³/mol. The van der Waals surface area contributed by atoms with E-state index in [1.807, 2.05) is 30.3 Å². The number of nitrogens with zero attached hydrogens (tertiary/aromatic N) is 1. The van der Waals surface area contributed by atoms with E-state index in [2.05, 4.69) is 27.8 Å². The molecule has 0 aliphatic heterocycles. The lowest BCUT2D eigenvalue weighted by molar-refractivity contribution is 0.178. The van der Waals surface area contributed by atoms with Gasteiger partial charge < -0.3 is 9.84 Å². The van der Waals surface area contributed by atoms with Crippen LogP contribution < -0.4 is 4.74 Å². The van der Waals surface area contributed by atoms with Crippen molar-refractivity contribution in [1.82, 2.24) is 4.98 Å². The smallest absolute Gasteiger partial charge is 0.119 e. The normalized spacial score (nSPS) is 12.1. The molecule has 1 N–H and O–H groups in total. The number of aliphatic hydroxyl groups excluding tert-OH is 1. The average molecular weight is 350 g/mol. The first-order valence-electron chi connectivity index (χ1n) is 7.19. The fraction of sp³-hybridized carbons (Fsp3) is 0.353. The maximum absolute atomic E-state index is 10.3. The number of unbranched alkanes of at least 4 members (excludes halogenated alkanes) is 1. The van der Waals surface area contributed by atoms with Gasteiger partial charge in [-0.25, -0.2) is 0 Å². The average Bonchev–Trinajstić information content (AvgIpc) is 2.48. The van der Waals surface area contributed by atoms with Crippen molar-refractivity contribution < 1.29 is 9.84 Å². The third-order valence-corrected chi connectivity index (χ3v) is 3.66. The number of rotatable bonds is 7. The van der Waals surface area contributed by atoms with Crippen molar-refractivity contribution in [2.24, 2.45) is 0 Å². The summed E-state index contributed by atoms with van der Waals surface area (Å²) in [5.74, 6) is 0.850. The minimum absolute atomic E-state index is 0.536. The molecular formula is C17H20BrNO2. The molecule has 0 bridgehead atoms. The van der Waals surface area contributed by atoms with Crippen LogP contribution in [0.2, 0.25) is 0 Å². The zero-order chi connectivity index (χ0) is 15.1. The van der Waals surface area contributed by atoms with Gasteiger partial charge in [-0.05, 0) is 51.7 Å². The van der Waals surface area contributed by atoms with Gasteiger partial charge in [0.15, 0.2) is 0 Å². The third kappa shape index (κ3) is 5.14. The molecule has 0 fully saturated rings. The van der Waals surface area contributed by atoms with Gasteiger partial charge in [0.1, 0.15) is 5.75 Å². The number of aromatic nitrogens is 1. The van der Waals surface area contributed by atoms with Gasteiger partial charge in [0.05, 0.1) is 12.7 Å². The second-order valence-corrected chi connectivity index (χ2v) is 5.92. The number of pyridine rings is 1. The van der Waals surface area contributed by atoms with Gasteiger partial charge in [-0.3, -0.25) is 4.98 Å². The largest absolute Gasteiger partial charge is 0.494 e. The molecule has 21 heavy (non-hydrogen) atoms. The van der Waals surface area contributed by atoms with E-state index in [0.29, 0.717) is 6.42 Å². The molecule has 0 saturated heterocycles. The molecular weight excluding hydrogens is 330 g/mol. The molecule has 0 saturated carbocycles. The van der Waals surface area contributed by atoms with Crippen LogP contribution in [0.1, 0.15) is 37.0 Å². The van der Waals surface area contributed by atoms with Gasteiger partial charge in [0.2, 0.25) is 0 Å². The maximum atomic E-state index is 10.3. The summed E-state index contributed by atoms with van der Waals surface area (Å²) in [7, 11) is 0. The van der Waals surface area contributed by atoms with Crippen LogP contribution in [0, 0.1) is 0 Å². The molecule has 2 aromatic rings. The molecule has 3 nitrogen and oxygen atoms in total. The number of halogens is 1. The van der Waals surface area contributed by atoms with E-state index < -0.39 is 6.10 Å². The highest BCUT2D eigenvalue weighted by Gasteiger charge is 2.09. The van der Waals surface area contributed by atoms with Crippen LogP contribution in [0.25, 0.3) is 0 Å². The Bertz CT molecular complexity index is 557. The lowest BCUT2D eigenvalue weighted by atomic mass is 10.0. The second kappa shape index (κ2) is 8.15. The topological polar surface area (TPSA) is 42.4 Å². The molecule has 0 amide bonds. The monoisotopic (exact) mass is 349 g/mol. The molecule has 0 aliphatic carbocycles. The molecule has 1 atom stereocenters. The van der Waals surface area contributed by atoms with E-state index in [-0.39, 0.29) is 0 Å². The Kier molecular flexibility index (Phi) is 6.21. The Balaban J connectivity index is 1.94. The SMILES string of the molecule is CCCCOc1ccc(C(O)Cc2cncc(Br)c2)cc1. The van der Waals surface area contributed by atoms with E-state index in [1.165, 1.54) is 0 Å². The van der Waals surface area contributed by atoms with Gasteiger partial charge in [-0.15, -0.1) is 0 Å². The second-order valence-electron chi connectivity index (χ2n) is 5.00. The zero-order valence-corrected chi connectivity index (χ0v) is 13.7. The lowest BCUT2D eigenvalue weighted by Gasteiger charge is -2.12. The maximum Gasteiger partial charge on any atom is 0.119 e. The number of hydrogen-bond acceptors (Lipinski definition) is 3. The first kappa shape index (κ1) is 16.0. The first-order valence-corrected chi connectivity index (χ1v) is 7.98. The molecule has 1 aromatic carbocycles. The minimum Gasteiger partial charge on any atom is -0.494 e. The summed E-state index contributed by atoms with van der Waals surface area (Å²) in [5, 5.41) is 10.3. The predicted octanol–water partition coefficient (Wildman–Crippen LogP) is 4.30. The number of hydrogen-bond donors (Lipinski definition) is 1. The van der Waals surface area contributed by atoms with E-state index in [9.17, 15) is 5.11 Å². The Hall–Kier alpha value is -1.39. The molecule has 0 aliphatic rings. The summed E-state index contributed by atoms with van der Waals surface area (Å²) in [6.07, 6.45) is 5.69. The number of aliphatic hydroxyl groups is 1. The van der Waals surface area contributed by atoms with E-state index in [4.69, 9.17) is 4.74 Å². The minimum atomic E-state index is -0.536. The van der Waals surface area contributed by atoms with Crippen LogP contribution in [-0.2, 0) is 6.42 Å². The Morgan fingerprint density at radius 1 is 1.24 bits per heavy atom. The fourth-order valence-electron chi connectivity index (χ4n) is 2.03. The van der Waals surface area contributed by atoms with Crippen LogP contribution in [0.5, 0.6) is 5.75 Å². The van der Waals surface area contributed by atoms with Crippen molar-refractivity contribution in [1.29, 1.82) is 0 Å². The van der Waals surface area contributed by atoms with Crippen LogP contribution in [0.15, 0.2) is 47.2 Å². The van der Waals surface area contributed by atoms with E-state index in [1.54, 1.807) is 12.4 Å². The Labute approximate surface area is 134 Å². The van der Waals surface area contributed by atoms with Gasteiger partial charge in [-0.1, -0.05) is 25.5 Å².